The van der Waals surface area contributed by atoms with Crippen molar-refractivity contribution in [3.05, 3.63) is 11.6 Å². The second-order valence-electron chi connectivity index (χ2n) is 5.28. The summed E-state index contributed by atoms with van der Waals surface area (Å²) in [5.74, 6) is -0.326. The average Bonchev–Trinajstić information content (AvgIpc) is 2.07. The zero-order chi connectivity index (χ0) is 12.5. The van der Waals surface area contributed by atoms with Crippen LogP contribution in [-0.2, 0) is 9.53 Å². The Bertz CT molecular complexity index is 335. The van der Waals surface area contributed by atoms with Crippen molar-refractivity contribution in [2.75, 3.05) is 6.54 Å². The van der Waals surface area contributed by atoms with Crippen LogP contribution in [0.15, 0.2) is 11.6 Å². The van der Waals surface area contributed by atoms with Gasteiger partial charge in [0.2, 0.25) is 5.91 Å². The molecule has 2 amide bonds. The quantitative estimate of drug-likeness (QED) is 0.508. The van der Waals surface area contributed by atoms with E-state index >= 15 is 0 Å². The molecule has 0 aromatic rings. The highest BCUT2D eigenvalue weighted by atomic mass is 16.6. The van der Waals surface area contributed by atoms with Crippen LogP contribution in [0.3, 0.4) is 0 Å². The van der Waals surface area contributed by atoms with Gasteiger partial charge in [-0.2, -0.15) is 0 Å². The number of carbonyl (C=O) groups is 2. The van der Waals surface area contributed by atoms with E-state index in [0.717, 1.165) is 10.5 Å². The third-order valence-electron chi connectivity index (χ3n) is 2.11. The summed E-state index contributed by atoms with van der Waals surface area (Å²) < 4.78 is 5.11. The minimum absolute atomic E-state index is 0.155. The largest absolute Gasteiger partial charge is 0.443 e. The molecule has 0 bridgehead atoms. The monoisotopic (exact) mass is 225 g/mol. The SMILES string of the molecule is CC(C)=CC1CN(C(=O)OC(C)(C)C)C1=O. The van der Waals surface area contributed by atoms with E-state index in [4.69, 9.17) is 4.74 Å². The summed E-state index contributed by atoms with van der Waals surface area (Å²) in [5, 5.41) is 0. The molecule has 0 spiro atoms. The van der Waals surface area contributed by atoms with Crippen molar-refractivity contribution in [1.29, 1.82) is 0 Å². The summed E-state index contributed by atoms with van der Waals surface area (Å²) >= 11 is 0. The summed E-state index contributed by atoms with van der Waals surface area (Å²) in [6.07, 6.45) is 1.33. The van der Waals surface area contributed by atoms with Gasteiger partial charge in [-0.15, -0.1) is 0 Å². The number of allylic oxidation sites excluding steroid dienone is 1. The first-order valence-corrected chi connectivity index (χ1v) is 5.40. The molecule has 1 unspecified atom stereocenters. The van der Waals surface area contributed by atoms with E-state index in [1.54, 1.807) is 20.8 Å². The Morgan fingerprint density at radius 1 is 1.44 bits per heavy atom. The van der Waals surface area contributed by atoms with Gasteiger partial charge < -0.3 is 4.74 Å². The maximum Gasteiger partial charge on any atom is 0.417 e. The number of nitrogens with zero attached hydrogens (tertiary/aromatic N) is 1. The summed E-state index contributed by atoms with van der Waals surface area (Å²) in [6, 6.07) is 0. The van der Waals surface area contributed by atoms with Crippen LogP contribution < -0.4 is 0 Å². The van der Waals surface area contributed by atoms with Crippen molar-refractivity contribution in [3.63, 3.8) is 0 Å². The van der Waals surface area contributed by atoms with Gasteiger partial charge in [0.1, 0.15) is 5.60 Å². The van der Waals surface area contributed by atoms with Crippen molar-refractivity contribution in [3.8, 4) is 0 Å². The first-order valence-electron chi connectivity index (χ1n) is 5.40. The molecule has 0 saturated carbocycles. The topological polar surface area (TPSA) is 46.6 Å². The average molecular weight is 225 g/mol. The van der Waals surface area contributed by atoms with E-state index < -0.39 is 11.7 Å². The summed E-state index contributed by atoms with van der Waals surface area (Å²) in [4.78, 5) is 24.3. The molecular weight excluding hydrogens is 206 g/mol. The van der Waals surface area contributed by atoms with Crippen molar-refractivity contribution in [1.82, 2.24) is 4.90 Å². The second-order valence-corrected chi connectivity index (χ2v) is 5.28. The number of likely N-dealkylation sites (tertiary alicyclic amines) is 1. The molecule has 0 aromatic carbocycles. The number of carbonyl (C=O) groups excluding carboxylic acids is 2. The van der Waals surface area contributed by atoms with Gasteiger partial charge >= 0.3 is 6.09 Å². The molecule has 0 aromatic heterocycles. The Kier molecular flexibility index (Phi) is 3.41. The van der Waals surface area contributed by atoms with Crippen LogP contribution in [0.25, 0.3) is 0 Å². The fourth-order valence-electron chi connectivity index (χ4n) is 1.46. The molecule has 1 rings (SSSR count). The van der Waals surface area contributed by atoms with Crippen molar-refractivity contribution >= 4 is 12.0 Å². The number of rotatable bonds is 1. The lowest BCUT2D eigenvalue weighted by Gasteiger charge is -2.36. The molecule has 90 valence electrons. The zero-order valence-corrected chi connectivity index (χ0v) is 10.5. The normalized spacial score (nSPS) is 20.2. The van der Waals surface area contributed by atoms with Gasteiger partial charge in [-0.05, 0) is 34.6 Å². The van der Waals surface area contributed by atoms with E-state index in [0.29, 0.717) is 6.54 Å². The summed E-state index contributed by atoms with van der Waals surface area (Å²) in [6.45, 7) is 9.64. The van der Waals surface area contributed by atoms with Gasteiger partial charge in [-0.3, -0.25) is 4.79 Å². The molecule has 1 atom stereocenters. The Morgan fingerprint density at radius 2 is 2.00 bits per heavy atom. The fourth-order valence-corrected chi connectivity index (χ4v) is 1.46. The van der Waals surface area contributed by atoms with Gasteiger partial charge in [0.15, 0.2) is 0 Å². The second kappa shape index (κ2) is 4.28. The third kappa shape index (κ3) is 3.08. The predicted molar refractivity (Wildman–Crippen MR) is 60.9 cm³/mol. The Labute approximate surface area is 96.3 Å². The first-order chi connectivity index (χ1) is 7.20. The van der Waals surface area contributed by atoms with Gasteiger partial charge in [-0.25, -0.2) is 9.69 Å². The maximum absolute atomic E-state index is 11.6. The highest BCUT2D eigenvalue weighted by Crippen LogP contribution is 2.23. The van der Waals surface area contributed by atoms with Crippen molar-refractivity contribution in [2.45, 2.75) is 40.2 Å². The number of hydrogen-bond acceptors (Lipinski definition) is 3. The molecule has 0 N–H and O–H groups in total. The smallest absolute Gasteiger partial charge is 0.417 e. The molecule has 16 heavy (non-hydrogen) atoms. The molecule has 4 heteroatoms. The van der Waals surface area contributed by atoms with Crippen LogP contribution >= 0.6 is 0 Å². The van der Waals surface area contributed by atoms with Crippen LogP contribution in [-0.4, -0.2) is 29.0 Å². The van der Waals surface area contributed by atoms with Gasteiger partial charge in [0.25, 0.3) is 0 Å². The number of hydrogen-bond donors (Lipinski definition) is 0. The van der Waals surface area contributed by atoms with Crippen molar-refractivity contribution < 1.29 is 14.3 Å². The summed E-state index contributed by atoms with van der Waals surface area (Å²) in [7, 11) is 0. The minimum atomic E-state index is -0.557. The molecule has 1 saturated heterocycles. The molecule has 1 heterocycles. The lowest BCUT2D eigenvalue weighted by molar-refractivity contribution is -0.143. The van der Waals surface area contributed by atoms with Gasteiger partial charge in [0.05, 0.1) is 5.92 Å². The van der Waals surface area contributed by atoms with E-state index in [1.165, 1.54) is 0 Å². The molecule has 1 fully saturated rings. The first kappa shape index (κ1) is 12.7. The van der Waals surface area contributed by atoms with Crippen molar-refractivity contribution in [2.24, 2.45) is 5.92 Å². The standard InChI is InChI=1S/C12H19NO3/c1-8(2)6-9-7-13(10(9)14)11(15)16-12(3,4)5/h6,9H,7H2,1-5H3. The number of imide groups is 1. The fraction of sp³-hybridized carbons (Fsp3) is 0.667. The third-order valence-corrected chi connectivity index (χ3v) is 2.11. The lowest BCUT2D eigenvalue weighted by atomic mass is 9.97. The highest BCUT2D eigenvalue weighted by molar-refractivity contribution is 5.99. The van der Waals surface area contributed by atoms with E-state index in [9.17, 15) is 9.59 Å². The Morgan fingerprint density at radius 3 is 2.38 bits per heavy atom. The van der Waals surface area contributed by atoms with Gasteiger partial charge in [-0.1, -0.05) is 11.6 Å². The van der Waals surface area contributed by atoms with Crippen LogP contribution in [0.1, 0.15) is 34.6 Å². The lowest BCUT2D eigenvalue weighted by Crippen LogP contribution is -2.55. The van der Waals surface area contributed by atoms with Crippen LogP contribution in [0.2, 0.25) is 0 Å². The van der Waals surface area contributed by atoms with E-state index in [1.807, 2.05) is 19.9 Å². The molecule has 4 nitrogen and oxygen atoms in total. The number of β-lactam (4-membered cyclic amide) rings is 1. The van der Waals surface area contributed by atoms with E-state index in [-0.39, 0.29) is 11.8 Å². The van der Waals surface area contributed by atoms with Crippen LogP contribution in [0.4, 0.5) is 4.79 Å². The maximum atomic E-state index is 11.6. The predicted octanol–water partition coefficient (Wildman–Crippen LogP) is 2.35. The minimum Gasteiger partial charge on any atom is -0.443 e. The van der Waals surface area contributed by atoms with Crippen LogP contribution in [0.5, 0.6) is 0 Å². The Hall–Kier alpha value is -1.32. The van der Waals surface area contributed by atoms with E-state index in [2.05, 4.69) is 0 Å². The highest BCUT2D eigenvalue weighted by Gasteiger charge is 2.41. The molecule has 1 aliphatic heterocycles. The summed E-state index contributed by atoms with van der Waals surface area (Å²) in [5.41, 5.74) is 0.529. The Balaban J connectivity index is 2.53. The molecule has 1 aliphatic rings. The number of amides is 2. The van der Waals surface area contributed by atoms with Crippen LogP contribution in [0, 0.1) is 5.92 Å². The van der Waals surface area contributed by atoms with Gasteiger partial charge in [0, 0.05) is 6.54 Å². The zero-order valence-electron chi connectivity index (χ0n) is 10.5. The number of ether oxygens (including phenoxy) is 1. The molecule has 0 aliphatic carbocycles. The molecule has 0 radical (unpaired) electrons. The molecular formula is C12H19NO3.